The van der Waals surface area contributed by atoms with Crippen molar-refractivity contribution in [3.05, 3.63) is 12.1 Å². The Kier molecular flexibility index (Phi) is 6.27. The first-order valence-corrected chi connectivity index (χ1v) is 8.34. The molecule has 0 bridgehead atoms. The number of quaternary nitrogens is 1. The van der Waals surface area contributed by atoms with E-state index in [2.05, 4.69) is 34.4 Å². The molecule has 1 fully saturated rings. The predicted octanol–water partition coefficient (Wildman–Crippen LogP) is 0.910. The fourth-order valence-electron chi connectivity index (χ4n) is 2.84. The van der Waals surface area contributed by atoms with Gasteiger partial charge in [0.1, 0.15) is 11.5 Å². The van der Waals surface area contributed by atoms with Crippen LogP contribution in [0.2, 0.25) is 0 Å². The van der Waals surface area contributed by atoms with Gasteiger partial charge < -0.3 is 24.4 Å². The lowest BCUT2D eigenvalue weighted by atomic mass is 10.2. The Balaban J connectivity index is 2.08. The molecule has 0 aliphatic carbocycles. The third-order valence-corrected chi connectivity index (χ3v) is 4.58. The summed E-state index contributed by atoms with van der Waals surface area (Å²) in [5, 5.41) is 15.3. The van der Waals surface area contributed by atoms with Crippen LogP contribution in [0, 0.1) is 0 Å². The normalized spacial score (nSPS) is 16.6. The van der Waals surface area contributed by atoms with Crippen LogP contribution in [0.1, 0.15) is 0 Å². The Morgan fingerprint density at radius 1 is 1.19 bits per heavy atom. The molecule has 0 saturated carbocycles. The number of piperazine rings is 1. The lowest BCUT2D eigenvalue weighted by Crippen LogP contribution is -2.58. The van der Waals surface area contributed by atoms with E-state index in [9.17, 15) is 14.7 Å². The SMILES string of the molecule is COC(=O)Nc1cc(O)c(NC(=O)C[N+]2(C)CCN(C)CC2)cc1OC. The quantitative estimate of drug-likeness (QED) is 0.528. The van der Waals surface area contributed by atoms with E-state index in [-0.39, 0.29) is 23.0 Å². The highest BCUT2D eigenvalue weighted by Gasteiger charge is 2.30. The zero-order chi connectivity index (χ0) is 19.3. The minimum atomic E-state index is -0.688. The van der Waals surface area contributed by atoms with Crippen LogP contribution in [0.3, 0.4) is 0 Å². The van der Waals surface area contributed by atoms with Gasteiger partial charge in [-0.25, -0.2) is 4.79 Å². The maximum atomic E-state index is 12.4. The molecule has 0 aromatic heterocycles. The van der Waals surface area contributed by atoms with E-state index in [4.69, 9.17) is 4.74 Å². The van der Waals surface area contributed by atoms with Crippen LogP contribution in [-0.2, 0) is 9.53 Å². The maximum Gasteiger partial charge on any atom is 0.411 e. The van der Waals surface area contributed by atoms with Crippen molar-refractivity contribution in [1.29, 1.82) is 0 Å². The molecule has 1 heterocycles. The number of carbonyl (C=O) groups is 2. The zero-order valence-corrected chi connectivity index (χ0v) is 15.7. The van der Waals surface area contributed by atoms with Gasteiger partial charge in [-0.3, -0.25) is 15.0 Å². The lowest BCUT2D eigenvalue weighted by Gasteiger charge is -2.40. The second kappa shape index (κ2) is 8.24. The first kappa shape index (κ1) is 19.8. The molecule has 1 aromatic carbocycles. The van der Waals surface area contributed by atoms with E-state index in [0.717, 1.165) is 26.2 Å². The summed E-state index contributed by atoms with van der Waals surface area (Å²) in [5.74, 6) is -0.0711. The number of methoxy groups -OCH3 is 2. The number of hydrogen-bond donors (Lipinski definition) is 3. The molecule has 144 valence electrons. The van der Waals surface area contributed by atoms with Crippen molar-refractivity contribution >= 4 is 23.4 Å². The number of aromatic hydroxyl groups is 1. The second-order valence-corrected chi connectivity index (χ2v) is 6.76. The highest BCUT2D eigenvalue weighted by atomic mass is 16.5. The smallest absolute Gasteiger partial charge is 0.411 e. The second-order valence-electron chi connectivity index (χ2n) is 6.76. The Morgan fingerprint density at radius 3 is 2.42 bits per heavy atom. The van der Waals surface area contributed by atoms with E-state index in [1.54, 1.807) is 0 Å². The number of nitrogens with one attached hydrogen (secondary N) is 2. The molecule has 0 atom stereocenters. The molecule has 1 aliphatic rings. The number of likely N-dealkylation sites (N-methyl/N-ethyl adjacent to an activating group) is 2. The number of rotatable bonds is 5. The number of carbonyl (C=O) groups excluding carboxylic acids is 2. The van der Waals surface area contributed by atoms with E-state index in [1.807, 2.05) is 0 Å². The summed E-state index contributed by atoms with van der Waals surface area (Å²) < 4.78 is 10.4. The van der Waals surface area contributed by atoms with Crippen LogP contribution in [0.5, 0.6) is 11.5 Å². The van der Waals surface area contributed by atoms with Crippen molar-refractivity contribution < 1.29 is 28.7 Å². The van der Waals surface area contributed by atoms with Crippen molar-refractivity contribution in [3.63, 3.8) is 0 Å². The number of anilines is 2. The fraction of sp³-hybridized carbons (Fsp3) is 0.529. The molecule has 1 saturated heterocycles. The predicted molar refractivity (Wildman–Crippen MR) is 97.6 cm³/mol. The number of ether oxygens (including phenoxy) is 2. The molecule has 1 aromatic rings. The highest BCUT2D eigenvalue weighted by molar-refractivity contribution is 5.95. The third kappa shape index (κ3) is 4.99. The molecule has 1 aliphatic heterocycles. The number of hydrogen-bond acceptors (Lipinski definition) is 6. The number of phenolic OH excluding ortho intramolecular Hbond substituents is 1. The summed E-state index contributed by atoms with van der Waals surface area (Å²) in [6, 6.07) is 2.76. The third-order valence-electron chi connectivity index (χ3n) is 4.58. The molecule has 0 spiro atoms. The van der Waals surface area contributed by atoms with E-state index in [1.165, 1.54) is 26.4 Å². The molecule has 0 radical (unpaired) electrons. The Hall–Kier alpha value is -2.52. The first-order valence-electron chi connectivity index (χ1n) is 8.34. The van der Waals surface area contributed by atoms with Crippen LogP contribution in [0.25, 0.3) is 0 Å². The molecule has 3 N–H and O–H groups in total. The van der Waals surface area contributed by atoms with Gasteiger partial charge in [0.15, 0.2) is 6.54 Å². The van der Waals surface area contributed by atoms with E-state index in [0.29, 0.717) is 16.8 Å². The number of benzene rings is 1. The van der Waals surface area contributed by atoms with Gasteiger partial charge in [0.05, 0.1) is 45.7 Å². The van der Waals surface area contributed by atoms with Crippen molar-refractivity contribution in [2.24, 2.45) is 0 Å². The van der Waals surface area contributed by atoms with Gasteiger partial charge in [0.25, 0.3) is 5.91 Å². The molecule has 26 heavy (non-hydrogen) atoms. The molecule has 2 amide bonds. The van der Waals surface area contributed by atoms with Crippen molar-refractivity contribution in [3.8, 4) is 11.5 Å². The monoisotopic (exact) mass is 367 g/mol. The van der Waals surface area contributed by atoms with Crippen molar-refractivity contribution in [2.45, 2.75) is 0 Å². The molecular weight excluding hydrogens is 340 g/mol. The largest absolute Gasteiger partial charge is 0.506 e. The van der Waals surface area contributed by atoms with Gasteiger partial charge in [0.2, 0.25) is 0 Å². The van der Waals surface area contributed by atoms with Crippen LogP contribution >= 0.6 is 0 Å². The number of phenols is 1. The summed E-state index contributed by atoms with van der Waals surface area (Å²) in [6.45, 7) is 3.98. The average Bonchev–Trinajstić information content (AvgIpc) is 2.59. The summed E-state index contributed by atoms with van der Waals surface area (Å²) in [5.41, 5.74) is 0.468. The van der Waals surface area contributed by atoms with Crippen molar-refractivity contribution in [2.75, 3.05) is 71.7 Å². The van der Waals surface area contributed by atoms with E-state index >= 15 is 0 Å². The summed E-state index contributed by atoms with van der Waals surface area (Å²) in [4.78, 5) is 26.0. The first-order chi connectivity index (χ1) is 12.3. The van der Waals surface area contributed by atoms with Gasteiger partial charge in [-0.2, -0.15) is 0 Å². The summed E-state index contributed by atoms with van der Waals surface area (Å²) in [7, 11) is 6.78. The topological polar surface area (TPSA) is 100 Å². The Labute approximate surface area is 153 Å². The summed E-state index contributed by atoms with van der Waals surface area (Å²) >= 11 is 0. The van der Waals surface area contributed by atoms with Gasteiger partial charge in [-0.15, -0.1) is 0 Å². The maximum absolute atomic E-state index is 12.4. The zero-order valence-electron chi connectivity index (χ0n) is 15.7. The summed E-state index contributed by atoms with van der Waals surface area (Å²) in [6.07, 6.45) is -0.688. The standard InChI is InChI=1S/C17H26N4O5/c1-20-5-7-21(2,8-6-20)11-16(23)18-12-10-15(25-3)13(9-14(12)22)19-17(24)26-4/h9-10H,5-8,11H2,1-4H3,(H2-,18,19,22,23,24)/p+1. The van der Waals surface area contributed by atoms with Crippen LogP contribution < -0.4 is 15.4 Å². The fourth-order valence-corrected chi connectivity index (χ4v) is 2.84. The Bertz CT molecular complexity index is 671. The van der Waals surface area contributed by atoms with Crippen LogP contribution in [0.15, 0.2) is 12.1 Å². The minimum absolute atomic E-state index is 0.174. The van der Waals surface area contributed by atoms with Gasteiger partial charge in [0, 0.05) is 25.2 Å². The van der Waals surface area contributed by atoms with Gasteiger partial charge in [-0.05, 0) is 7.05 Å². The van der Waals surface area contributed by atoms with E-state index < -0.39 is 6.09 Å². The lowest BCUT2D eigenvalue weighted by molar-refractivity contribution is -0.905. The molecular formula is C17H27N4O5+. The van der Waals surface area contributed by atoms with Crippen LogP contribution in [-0.4, -0.2) is 87.5 Å². The number of nitrogens with zero attached hydrogens (tertiary/aromatic N) is 2. The van der Waals surface area contributed by atoms with Crippen molar-refractivity contribution in [1.82, 2.24) is 4.90 Å². The molecule has 9 nitrogen and oxygen atoms in total. The average molecular weight is 367 g/mol. The molecule has 0 unspecified atom stereocenters. The highest BCUT2D eigenvalue weighted by Crippen LogP contribution is 2.35. The van der Waals surface area contributed by atoms with Gasteiger partial charge >= 0.3 is 6.09 Å². The Morgan fingerprint density at radius 2 is 1.85 bits per heavy atom. The molecule has 9 heteroatoms. The molecule has 2 rings (SSSR count). The minimum Gasteiger partial charge on any atom is -0.506 e. The number of amides is 2. The van der Waals surface area contributed by atoms with Gasteiger partial charge in [-0.1, -0.05) is 0 Å². The van der Waals surface area contributed by atoms with Crippen LogP contribution in [0.4, 0.5) is 16.2 Å².